The Morgan fingerprint density at radius 2 is 2.05 bits per heavy atom. The Balaban J connectivity index is 2.11. The van der Waals surface area contributed by atoms with Gasteiger partial charge in [0.25, 0.3) is 0 Å². The first-order valence-corrected chi connectivity index (χ1v) is 6.81. The summed E-state index contributed by atoms with van der Waals surface area (Å²) in [4.78, 5) is 11.6. The lowest BCUT2D eigenvalue weighted by Gasteiger charge is -2.35. The van der Waals surface area contributed by atoms with Gasteiger partial charge in [-0.3, -0.25) is 4.79 Å². The second-order valence-corrected chi connectivity index (χ2v) is 5.18. The molecule has 0 spiro atoms. The topological polar surface area (TPSA) is 46.5 Å². The van der Waals surface area contributed by atoms with Gasteiger partial charge < -0.3 is 9.84 Å². The molecular weight excluding hydrogens is 266 g/mol. The highest BCUT2D eigenvalue weighted by Gasteiger charge is 2.39. The predicted octanol–water partition coefficient (Wildman–Crippen LogP) is 2.91. The van der Waals surface area contributed by atoms with E-state index in [4.69, 9.17) is 4.74 Å². The van der Waals surface area contributed by atoms with Gasteiger partial charge in [0.05, 0.1) is 18.1 Å². The van der Waals surface area contributed by atoms with E-state index in [1.54, 1.807) is 6.92 Å². The first kappa shape index (κ1) is 14.9. The van der Waals surface area contributed by atoms with E-state index < -0.39 is 17.2 Å². The van der Waals surface area contributed by atoms with Gasteiger partial charge in [0.1, 0.15) is 11.6 Å². The first-order chi connectivity index (χ1) is 9.46. The number of carbonyl (C=O) groups excluding carboxylic acids is 1. The van der Waals surface area contributed by atoms with Crippen LogP contribution in [0.5, 0.6) is 0 Å². The Kier molecular flexibility index (Phi) is 4.38. The fourth-order valence-electron chi connectivity index (χ4n) is 2.71. The van der Waals surface area contributed by atoms with Gasteiger partial charge >= 0.3 is 5.97 Å². The van der Waals surface area contributed by atoms with Gasteiger partial charge in [-0.05, 0) is 50.8 Å². The van der Waals surface area contributed by atoms with Gasteiger partial charge in [-0.25, -0.2) is 8.78 Å². The molecule has 0 unspecified atom stereocenters. The van der Waals surface area contributed by atoms with Crippen molar-refractivity contribution < 1.29 is 23.4 Å². The lowest BCUT2D eigenvalue weighted by molar-refractivity contribution is -0.151. The number of hydrogen-bond donors (Lipinski definition) is 1. The summed E-state index contributed by atoms with van der Waals surface area (Å²) >= 11 is 0. The molecule has 0 amide bonds. The maximum Gasteiger partial charge on any atom is 0.308 e. The second kappa shape index (κ2) is 5.87. The van der Waals surface area contributed by atoms with Crippen LogP contribution in [0.1, 0.15) is 38.2 Å². The van der Waals surface area contributed by atoms with E-state index in [1.165, 1.54) is 0 Å². The second-order valence-electron chi connectivity index (χ2n) is 5.18. The van der Waals surface area contributed by atoms with Crippen molar-refractivity contribution in [1.82, 2.24) is 0 Å². The van der Waals surface area contributed by atoms with Crippen molar-refractivity contribution in [3.63, 3.8) is 0 Å². The number of ether oxygens (including phenoxy) is 1. The third-order valence-electron chi connectivity index (χ3n) is 3.86. The predicted molar refractivity (Wildman–Crippen MR) is 68.8 cm³/mol. The molecule has 0 aromatic heterocycles. The van der Waals surface area contributed by atoms with Gasteiger partial charge in [0.15, 0.2) is 0 Å². The Morgan fingerprint density at radius 3 is 2.65 bits per heavy atom. The smallest absolute Gasteiger partial charge is 0.308 e. The zero-order chi connectivity index (χ0) is 14.8. The SMILES string of the molecule is CCOC(=O)C1CCC(O)(c2cc(F)ccc2F)CC1. The third-order valence-corrected chi connectivity index (χ3v) is 3.86. The van der Waals surface area contributed by atoms with E-state index in [9.17, 15) is 18.7 Å². The molecule has 0 saturated heterocycles. The molecule has 2 rings (SSSR count). The minimum absolute atomic E-state index is 0.0280. The molecule has 1 aromatic rings. The van der Waals surface area contributed by atoms with Crippen molar-refractivity contribution in [1.29, 1.82) is 0 Å². The van der Waals surface area contributed by atoms with Crippen molar-refractivity contribution >= 4 is 5.97 Å². The number of esters is 1. The Hall–Kier alpha value is -1.49. The molecule has 5 heteroatoms. The molecule has 0 radical (unpaired) electrons. The van der Waals surface area contributed by atoms with E-state index in [0.29, 0.717) is 19.4 Å². The van der Waals surface area contributed by atoms with Crippen molar-refractivity contribution in [2.24, 2.45) is 5.92 Å². The number of carbonyl (C=O) groups is 1. The molecule has 3 nitrogen and oxygen atoms in total. The average Bonchev–Trinajstić information content (AvgIpc) is 2.42. The fourth-order valence-corrected chi connectivity index (χ4v) is 2.71. The summed E-state index contributed by atoms with van der Waals surface area (Å²) in [5, 5.41) is 10.5. The molecule has 0 heterocycles. The van der Waals surface area contributed by atoms with Gasteiger partial charge in [-0.15, -0.1) is 0 Å². The number of hydrogen-bond acceptors (Lipinski definition) is 3. The summed E-state index contributed by atoms with van der Waals surface area (Å²) < 4.78 is 31.9. The Morgan fingerprint density at radius 1 is 1.40 bits per heavy atom. The van der Waals surface area contributed by atoms with Crippen LogP contribution >= 0.6 is 0 Å². The molecule has 1 fully saturated rings. The van der Waals surface area contributed by atoms with Crippen LogP contribution in [0.3, 0.4) is 0 Å². The monoisotopic (exact) mass is 284 g/mol. The Labute approximate surface area is 116 Å². The Bertz CT molecular complexity index is 494. The zero-order valence-corrected chi connectivity index (χ0v) is 11.4. The summed E-state index contributed by atoms with van der Waals surface area (Å²) in [7, 11) is 0. The standard InChI is InChI=1S/C15H18F2O3/c1-2-20-14(18)10-5-7-15(19,8-6-10)12-9-11(16)3-4-13(12)17/h3-4,9-10,19H,2,5-8H2,1H3. The zero-order valence-electron chi connectivity index (χ0n) is 11.4. The highest BCUT2D eigenvalue weighted by atomic mass is 19.1. The fraction of sp³-hybridized carbons (Fsp3) is 0.533. The quantitative estimate of drug-likeness (QED) is 0.868. The largest absolute Gasteiger partial charge is 0.466 e. The van der Waals surface area contributed by atoms with Crippen LogP contribution in [-0.4, -0.2) is 17.7 Å². The maximum atomic E-state index is 13.8. The van der Waals surface area contributed by atoms with Crippen molar-refractivity contribution in [3.05, 3.63) is 35.4 Å². The lowest BCUT2D eigenvalue weighted by Crippen LogP contribution is -2.35. The molecule has 110 valence electrons. The number of benzene rings is 1. The molecule has 1 aliphatic rings. The van der Waals surface area contributed by atoms with Crippen LogP contribution in [0.15, 0.2) is 18.2 Å². The summed E-state index contributed by atoms with van der Waals surface area (Å²) in [6.07, 6.45) is 1.25. The minimum Gasteiger partial charge on any atom is -0.466 e. The average molecular weight is 284 g/mol. The van der Waals surface area contributed by atoms with Gasteiger partial charge in [-0.1, -0.05) is 0 Å². The molecule has 1 saturated carbocycles. The normalized spacial score (nSPS) is 26.3. The van der Waals surface area contributed by atoms with Crippen LogP contribution in [0.25, 0.3) is 0 Å². The first-order valence-electron chi connectivity index (χ1n) is 6.81. The summed E-state index contributed by atoms with van der Waals surface area (Å²) in [6, 6.07) is 3.06. The van der Waals surface area contributed by atoms with Crippen molar-refractivity contribution in [2.45, 2.75) is 38.2 Å². The van der Waals surface area contributed by atoms with Crippen LogP contribution < -0.4 is 0 Å². The summed E-state index contributed by atoms with van der Waals surface area (Å²) in [6.45, 7) is 2.05. The van der Waals surface area contributed by atoms with E-state index in [1.807, 2.05) is 0 Å². The van der Waals surface area contributed by atoms with Gasteiger partial charge in [-0.2, -0.15) is 0 Å². The number of halogens is 2. The maximum absolute atomic E-state index is 13.8. The van der Waals surface area contributed by atoms with Crippen LogP contribution in [0.2, 0.25) is 0 Å². The van der Waals surface area contributed by atoms with Crippen molar-refractivity contribution in [3.8, 4) is 0 Å². The minimum atomic E-state index is -1.41. The van der Waals surface area contributed by atoms with E-state index >= 15 is 0 Å². The van der Waals surface area contributed by atoms with Crippen LogP contribution in [-0.2, 0) is 15.1 Å². The lowest BCUT2D eigenvalue weighted by atomic mass is 9.75. The molecular formula is C15H18F2O3. The molecule has 1 aromatic carbocycles. The highest BCUT2D eigenvalue weighted by Crippen LogP contribution is 2.41. The van der Waals surface area contributed by atoms with E-state index in [-0.39, 0.29) is 30.3 Å². The van der Waals surface area contributed by atoms with E-state index in [2.05, 4.69) is 0 Å². The molecule has 0 atom stereocenters. The summed E-state index contributed by atoms with van der Waals surface area (Å²) in [5.41, 5.74) is -1.44. The van der Waals surface area contributed by atoms with Crippen LogP contribution in [0, 0.1) is 17.6 Å². The van der Waals surface area contributed by atoms with Crippen molar-refractivity contribution in [2.75, 3.05) is 6.61 Å². The molecule has 0 aliphatic heterocycles. The number of rotatable bonds is 3. The highest BCUT2D eigenvalue weighted by molar-refractivity contribution is 5.72. The molecule has 0 bridgehead atoms. The van der Waals surface area contributed by atoms with E-state index in [0.717, 1.165) is 18.2 Å². The third kappa shape index (κ3) is 2.98. The van der Waals surface area contributed by atoms with Crippen LogP contribution in [0.4, 0.5) is 8.78 Å². The molecule has 1 aliphatic carbocycles. The van der Waals surface area contributed by atoms with Gasteiger partial charge in [0.2, 0.25) is 0 Å². The molecule has 1 N–H and O–H groups in total. The number of aliphatic hydroxyl groups is 1. The molecule has 20 heavy (non-hydrogen) atoms. The summed E-state index contributed by atoms with van der Waals surface area (Å²) in [5.74, 6) is -1.76. The van der Waals surface area contributed by atoms with Gasteiger partial charge in [0, 0.05) is 5.56 Å².